The zero-order valence-electron chi connectivity index (χ0n) is 17.9. The number of rotatable bonds is 6. The molecule has 0 amide bonds. The summed E-state index contributed by atoms with van der Waals surface area (Å²) < 4.78 is 16.7. The molecule has 0 bridgehead atoms. The van der Waals surface area contributed by atoms with Crippen molar-refractivity contribution in [3.8, 4) is 5.75 Å². The summed E-state index contributed by atoms with van der Waals surface area (Å²) in [5.74, 6) is 0.662. The summed E-state index contributed by atoms with van der Waals surface area (Å²) >= 11 is 0. The van der Waals surface area contributed by atoms with Crippen LogP contribution in [0.25, 0.3) is 0 Å². The molecule has 2 aromatic carbocycles. The Balaban J connectivity index is 1.48. The van der Waals surface area contributed by atoms with Gasteiger partial charge in [-0.3, -0.25) is 0 Å². The number of aliphatic hydroxyl groups excluding tert-OH is 5. The first-order chi connectivity index (χ1) is 15.4. The van der Waals surface area contributed by atoms with Crippen LogP contribution in [0, 0.1) is 6.92 Å². The number of hydrogen-bond acceptors (Lipinski definition) is 8. The predicted molar refractivity (Wildman–Crippen MR) is 114 cm³/mol. The lowest BCUT2D eigenvalue weighted by Crippen LogP contribution is -2.55. The fourth-order valence-corrected chi connectivity index (χ4v) is 4.15. The first-order valence-corrected chi connectivity index (χ1v) is 10.8. The Bertz CT molecular complexity index is 899. The maximum absolute atomic E-state index is 10.4. The smallest absolute Gasteiger partial charge is 0.150 e. The summed E-state index contributed by atoms with van der Waals surface area (Å²) in [6, 6.07) is 13.3. The molecule has 0 aromatic heterocycles. The molecule has 2 aliphatic heterocycles. The fourth-order valence-electron chi connectivity index (χ4n) is 4.15. The van der Waals surface area contributed by atoms with Crippen LogP contribution in [0.15, 0.2) is 42.5 Å². The molecule has 8 nitrogen and oxygen atoms in total. The molecule has 7 atom stereocenters. The van der Waals surface area contributed by atoms with Crippen molar-refractivity contribution in [1.82, 2.24) is 0 Å². The molecule has 2 aromatic rings. The number of aryl methyl sites for hydroxylation is 1. The van der Waals surface area contributed by atoms with Crippen molar-refractivity contribution in [3.63, 3.8) is 0 Å². The van der Waals surface area contributed by atoms with Crippen molar-refractivity contribution in [3.05, 3.63) is 64.7 Å². The average molecular weight is 446 g/mol. The summed E-state index contributed by atoms with van der Waals surface area (Å²) in [6.45, 7) is 2.18. The van der Waals surface area contributed by atoms with E-state index in [1.807, 2.05) is 49.4 Å². The average Bonchev–Trinajstić information content (AvgIpc) is 3.19. The number of benzene rings is 2. The second-order valence-corrected chi connectivity index (χ2v) is 8.52. The van der Waals surface area contributed by atoms with E-state index in [-0.39, 0.29) is 12.7 Å². The van der Waals surface area contributed by atoms with Crippen molar-refractivity contribution < 1.29 is 39.7 Å². The second-order valence-electron chi connectivity index (χ2n) is 8.52. The van der Waals surface area contributed by atoms with Crippen LogP contribution in [-0.4, -0.2) is 82.0 Å². The molecule has 2 heterocycles. The van der Waals surface area contributed by atoms with Gasteiger partial charge in [-0.05, 0) is 47.7 Å². The third-order valence-corrected chi connectivity index (χ3v) is 6.20. The van der Waals surface area contributed by atoms with E-state index in [9.17, 15) is 25.5 Å². The predicted octanol–water partition coefficient (Wildman–Crippen LogP) is 0.239. The fraction of sp³-hybridized carbons (Fsp3) is 0.500. The maximum atomic E-state index is 10.4. The van der Waals surface area contributed by atoms with Crippen LogP contribution in [0.2, 0.25) is 0 Å². The van der Waals surface area contributed by atoms with Gasteiger partial charge in [-0.1, -0.05) is 30.3 Å². The Morgan fingerprint density at radius 3 is 2.34 bits per heavy atom. The Kier molecular flexibility index (Phi) is 7.11. The first-order valence-electron chi connectivity index (χ1n) is 10.8. The molecule has 0 radical (unpaired) electrons. The SMILES string of the molecule is Cc1ccc([C@@H]2O[C@H](CO)[C@@H](O)[C@H](O)[C@H]2O)cc1Cc1ccc(OC2COC[C@@H]2O)cc1. The first kappa shape index (κ1) is 23.1. The summed E-state index contributed by atoms with van der Waals surface area (Å²) in [4.78, 5) is 0. The zero-order valence-corrected chi connectivity index (χ0v) is 17.9. The van der Waals surface area contributed by atoms with Gasteiger partial charge >= 0.3 is 0 Å². The Morgan fingerprint density at radius 1 is 0.938 bits per heavy atom. The molecule has 0 aliphatic carbocycles. The van der Waals surface area contributed by atoms with E-state index < -0.39 is 43.2 Å². The van der Waals surface area contributed by atoms with Gasteiger partial charge in [-0.2, -0.15) is 0 Å². The van der Waals surface area contributed by atoms with Crippen LogP contribution in [0.4, 0.5) is 0 Å². The van der Waals surface area contributed by atoms with Gasteiger partial charge in [0.15, 0.2) is 0 Å². The molecule has 4 rings (SSSR count). The highest BCUT2D eigenvalue weighted by Crippen LogP contribution is 2.33. The normalized spacial score (nSPS) is 32.8. The molecule has 8 heteroatoms. The summed E-state index contributed by atoms with van der Waals surface area (Å²) in [5.41, 5.74) is 3.80. The number of aliphatic hydroxyl groups is 5. The van der Waals surface area contributed by atoms with Crippen LogP contribution in [0.1, 0.15) is 28.4 Å². The molecule has 32 heavy (non-hydrogen) atoms. The Morgan fingerprint density at radius 2 is 1.69 bits per heavy atom. The highest BCUT2D eigenvalue weighted by molar-refractivity contribution is 5.38. The van der Waals surface area contributed by atoms with E-state index in [1.165, 1.54) is 0 Å². The van der Waals surface area contributed by atoms with Crippen molar-refractivity contribution in [2.45, 2.75) is 56.1 Å². The molecule has 5 N–H and O–H groups in total. The molecule has 0 saturated carbocycles. The van der Waals surface area contributed by atoms with Crippen LogP contribution < -0.4 is 4.74 Å². The van der Waals surface area contributed by atoms with Crippen LogP contribution >= 0.6 is 0 Å². The molecular formula is C24H30O8. The lowest BCUT2D eigenvalue weighted by Gasteiger charge is -2.40. The van der Waals surface area contributed by atoms with Gasteiger partial charge < -0.3 is 39.7 Å². The quantitative estimate of drug-likeness (QED) is 0.427. The van der Waals surface area contributed by atoms with Gasteiger partial charge in [0.1, 0.15) is 48.5 Å². The van der Waals surface area contributed by atoms with E-state index >= 15 is 0 Å². The third-order valence-electron chi connectivity index (χ3n) is 6.20. The van der Waals surface area contributed by atoms with Gasteiger partial charge in [0.05, 0.1) is 19.8 Å². The molecule has 2 fully saturated rings. The molecule has 174 valence electrons. The molecular weight excluding hydrogens is 416 g/mol. The minimum atomic E-state index is -1.41. The molecule has 2 saturated heterocycles. The van der Waals surface area contributed by atoms with E-state index in [1.54, 1.807) is 0 Å². The van der Waals surface area contributed by atoms with Crippen molar-refractivity contribution >= 4 is 0 Å². The molecule has 0 spiro atoms. The second kappa shape index (κ2) is 9.84. The van der Waals surface area contributed by atoms with E-state index in [0.29, 0.717) is 24.3 Å². The lowest BCUT2D eigenvalue weighted by atomic mass is 9.89. The Hall–Kier alpha value is -2.04. The largest absolute Gasteiger partial charge is 0.485 e. The summed E-state index contributed by atoms with van der Waals surface area (Å²) in [7, 11) is 0. The number of hydrogen-bond donors (Lipinski definition) is 5. The Labute approximate surface area is 186 Å². The molecule has 1 unspecified atom stereocenters. The van der Waals surface area contributed by atoms with E-state index in [2.05, 4.69) is 0 Å². The minimum Gasteiger partial charge on any atom is -0.485 e. The maximum Gasteiger partial charge on any atom is 0.150 e. The standard InChI is InChI=1S/C24H30O8/c1-13-2-5-15(24-23(29)22(28)21(27)19(10-25)32-24)9-16(13)8-14-3-6-17(7-4-14)31-20-12-30-11-18(20)26/h2-7,9,18-29H,8,10-12H2,1H3/t18-,19+,20?,21+,22-,23+,24-/m0/s1. The van der Waals surface area contributed by atoms with Crippen molar-refractivity contribution in [1.29, 1.82) is 0 Å². The van der Waals surface area contributed by atoms with Gasteiger partial charge in [0, 0.05) is 0 Å². The third kappa shape index (κ3) is 4.82. The van der Waals surface area contributed by atoms with Gasteiger partial charge in [-0.15, -0.1) is 0 Å². The van der Waals surface area contributed by atoms with E-state index in [4.69, 9.17) is 14.2 Å². The summed E-state index contributed by atoms with van der Waals surface area (Å²) in [6.07, 6.45) is -6.26. The highest BCUT2D eigenvalue weighted by Gasteiger charge is 2.44. The monoisotopic (exact) mass is 446 g/mol. The molecule has 2 aliphatic rings. The van der Waals surface area contributed by atoms with E-state index in [0.717, 1.165) is 16.7 Å². The van der Waals surface area contributed by atoms with Crippen molar-refractivity contribution in [2.75, 3.05) is 19.8 Å². The number of ether oxygens (including phenoxy) is 3. The highest BCUT2D eigenvalue weighted by atomic mass is 16.6. The van der Waals surface area contributed by atoms with Gasteiger partial charge in [-0.25, -0.2) is 0 Å². The van der Waals surface area contributed by atoms with Crippen molar-refractivity contribution in [2.24, 2.45) is 0 Å². The van der Waals surface area contributed by atoms with Crippen LogP contribution in [0.5, 0.6) is 5.75 Å². The van der Waals surface area contributed by atoms with Gasteiger partial charge in [0.25, 0.3) is 0 Å². The minimum absolute atomic E-state index is 0.285. The van der Waals surface area contributed by atoms with Crippen LogP contribution in [-0.2, 0) is 15.9 Å². The zero-order chi connectivity index (χ0) is 22.8. The summed E-state index contributed by atoms with van der Waals surface area (Å²) in [5, 5.41) is 49.8. The topological polar surface area (TPSA) is 129 Å². The van der Waals surface area contributed by atoms with Gasteiger partial charge in [0.2, 0.25) is 0 Å². The van der Waals surface area contributed by atoms with Crippen LogP contribution in [0.3, 0.4) is 0 Å². The lowest BCUT2D eigenvalue weighted by molar-refractivity contribution is -0.231.